The fourth-order valence-corrected chi connectivity index (χ4v) is 2.62. The average Bonchev–Trinajstić information content (AvgIpc) is 2.99. The van der Waals surface area contributed by atoms with E-state index in [1.54, 1.807) is 12.1 Å². The van der Waals surface area contributed by atoms with Crippen LogP contribution in [0.15, 0.2) is 36.9 Å². The monoisotopic (exact) mass is 355 g/mol. The number of aromatic nitrogens is 2. The molecule has 0 aliphatic heterocycles. The summed E-state index contributed by atoms with van der Waals surface area (Å²) in [6.45, 7) is 9.14. The van der Waals surface area contributed by atoms with E-state index in [2.05, 4.69) is 27.0 Å². The molecule has 1 aromatic carbocycles. The molecule has 0 unspecified atom stereocenters. The number of H-pyrrole nitrogens is 1. The van der Waals surface area contributed by atoms with Gasteiger partial charge in [0, 0.05) is 18.7 Å². The zero-order valence-corrected chi connectivity index (χ0v) is 15.4. The summed E-state index contributed by atoms with van der Waals surface area (Å²) in [4.78, 5) is 26.2. The van der Waals surface area contributed by atoms with Gasteiger partial charge in [0.25, 0.3) is 11.8 Å². The van der Waals surface area contributed by atoms with Crippen molar-refractivity contribution in [2.45, 2.75) is 26.3 Å². The summed E-state index contributed by atoms with van der Waals surface area (Å²) in [5, 5.41) is 9.46. The van der Waals surface area contributed by atoms with Crippen LogP contribution in [0.5, 0.6) is 0 Å². The first-order valence-corrected chi connectivity index (χ1v) is 8.41. The number of aromatic amines is 1. The highest BCUT2D eigenvalue weighted by Gasteiger charge is 2.21. The molecular formula is C19H25N5O2. The smallest absolute Gasteiger partial charge is 0.271 e. The normalized spacial score (nSPS) is 11.0. The van der Waals surface area contributed by atoms with Gasteiger partial charge < -0.3 is 11.1 Å². The molecule has 0 atom stereocenters. The van der Waals surface area contributed by atoms with E-state index in [1.807, 2.05) is 39.1 Å². The second-order valence-electron chi connectivity index (χ2n) is 6.52. The van der Waals surface area contributed by atoms with Gasteiger partial charge in [0.05, 0.1) is 11.4 Å². The Hall–Kier alpha value is -2.93. The first kappa shape index (κ1) is 19.4. The fourth-order valence-electron chi connectivity index (χ4n) is 2.62. The van der Waals surface area contributed by atoms with E-state index in [-0.39, 0.29) is 17.5 Å². The van der Waals surface area contributed by atoms with Crippen molar-refractivity contribution in [2.24, 2.45) is 5.73 Å². The summed E-state index contributed by atoms with van der Waals surface area (Å²) < 4.78 is 0. The Morgan fingerprint density at radius 3 is 2.54 bits per heavy atom. The zero-order chi connectivity index (χ0) is 19.3. The Morgan fingerprint density at radius 1 is 1.35 bits per heavy atom. The number of nitrogens with zero attached hydrogens (tertiary/aromatic N) is 2. The van der Waals surface area contributed by atoms with Gasteiger partial charge in [0.1, 0.15) is 0 Å². The van der Waals surface area contributed by atoms with Gasteiger partial charge in [-0.3, -0.25) is 19.6 Å². The minimum atomic E-state index is -0.691. The Labute approximate surface area is 153 Å². The van der Waals surface area contributed by atoms with Gasteiger partial charge in [-0.2, -0.15) is 5.10 Å². The number of hydrogen-bond donors (Lipinski definition) is 3. The van der Waals surface area contributed by atoms with Crippen LogP contribution in [0.2, 0.25) is 0 Å². The van der Waals surface area contributed by atoms with Crippen LogP contribution >= 0.6 is 0 Å². The third-order valence-electron chi connectivity index (χ3n) is 3.95. The molecule has 0 fully saturated rings. The molecule has 0 aliphatic rings. The molecule has 0 bridgehead atoms. The lowest BCUT2D eigenvalue weighted by molar-refractivity contribution is 0.0996. The predicted molar refractivity (Wildman–Crippen MR) is 102 cm³/mol. The Kier molecular flexibility index (Phi) is 6.30. The van der Waals surface area contributed by atoms with Crippen molar-refractivity contribution in [3.8, 4) is 0 Å². The van der Waals surface area contributed by atoms with Crippen LogP contribution < -0.4 is 11.1 Å². The van der Waals surface area contributed by atoms with E-state index < -0.39 is 5.91 Å². The summed E-state index contributed by atoms with van der Waals surface area (Å²) in [5.74, 6) is -0.959. The largest absolute Gasteiger partial charge is 0.364 e. The number of likely N-dealkylation sites (N-methyl/N-ethyl adjacent to an activating group) is 1. The molecule has 0 aliphatic carbocycles. The number of rotatable bonds is 8. The number of benzene rings is 1. The first-order chi connectivity index (χ1) is 12.3. The highest BCUT2D eigenvalue weighted by atomic mass is 16.2. The zero-order valence-electron chi connectivity index (χ0n) is 15.4. The van der Waals surface area contributed by atoms with Crippen LogP contribution in [0.3, 0.4) is 0 Å². The molecule has 2 amide bonds. The third kappa shape index (κ3) is 4.58. The summed E-state index contributed by atoms with van der Waals surface area (Å²) in [7, 11) is 2.00. The maximum atomic E-state index is 12.6. The molecule has 26 heavy (non-hydrogen) atoms. The Morgan fingerprint density at radius 2 is 2.00 bits per heavy atom. The van der Waals surface area contributed by atoms with E-state index in [0.717, 1.165) is 18.7 Å². The quantitative estimate of drug-likeness (QED) is 0.633. The molecule has 2 rings (SSSR count). The number of nitrogens with one attached hydrogen (secondary N) is 2. The molecule has 0 spiro atoms. The first-order valence-electron chi connectivity index (χ1n) is 8.41. The minimum absolute atomic E-state index is 0.0321. The van der Waals surface area contributed by atoms with Gasteiger partial charge in [-0.25, -0.2) is 0 Å². The lowest BCUT2D eigenvalue weighted by Gasteiger charge is -2.14. The number of nitrogens with two attached hydrogens (primary N) is 1. The van der Waals surface area contributed by atoms with Crippen molar-refractivity contribution in [3.05, 3.63) is 59.4 Å². The summed E-state index contributed by atoms with van der Waals surface area (Å²) >= 11 is 0. The third-order valence-corrected chi connectivity index (χ3v) is 3.95. The van der Waals surface area contributed by atoms with E-state index in [1.165, 1.54) is 0 Å². The van der Waals surface area contributed by atoms with Crippen molar-refractivity contribution >= 4 is 17.5 Å². The second kappa shape index (κ2) is 8.44. The molecule has 2 aromatic rings. The number of anilines is 1. The van der Waals surface area contributed by atoms with Crippen LogP contribution in [-0.4, -0.2) is 40.5 Å². The van der Waals surface area contributed by atoms with Crippen LogP contribution in [0, 0.1) is 0 Å². The summed E-state index contributed by atoms with van der Waals surface area (Å²) in [6.07, 6.45) is 1.84. The lowest BCUT2D eigenvalue weighted by atomic mass is 10.1. The average molecular weight is 355 g/mol. The number of carbonyl (C=O) groups is 2. The number of hydrogen-bond acceptors (Lipinski definition) is 4. The molecule has 7 heteroatoms. The predicted octanol–water partition coefficient (Wildman–Crippen LogP) is 2.50. The van der Waals surface area contributed by atoms with Crippen molar-refractivity contribution in [3.63, 3.8) is 0 Å². The molecule has 7 nitrogen and oxygen atoms in total. The van der Waals surface area contributed by atoms with Gasteiger partial charge in [0.2, 0.25) is 0 Å². The van der Waals surface area contributed by atoms with Crippen LogP contribution in [0.4, 0.5) is 5.69 Å². The van der Waals surface area contributed by atoms with Gasteiger partial charge in [-0.15, -0.1) is 6.58 Å². The molecule has 1 aromatic heterocycles. The summed E-state index contributed by atoms with van der Waals surface area (Å²) in [6, 6.07) is 7.32. The molecule has 138 valence electrons. The maximum Gasteiger partial charge on any atom is 0.271 e. The van der Waals surface area contributed by atoms with Gasteiger partial charge in [0.15, 0.2) is 5.69 Å². The summed E-state index contributed by atoms with van der Waals surface area (Å²) in [5.41, 5.74) is 7.97. The number of carbonyl (C=O) groups excluding carboxylic acids is 2. The van der Waals surface area contributed by atoms with Gasteiger partial charge in [-0.05, 0) is 30.7 Å². The standard InChI is InChI=1S/C19H25N5O2/c1-5-10-24(4)11-13-6-8-14(9-7-13)19(26)21-16-15(12(2)3)22-23-17(16)18(20)25/h5-9,12H,1,10-11H2,2-4H3,(H2,20,25)(H,21,26)(H,22,23). The molecule has 0 radical (unpaired) electrons. The highest BCUT2D eigenvalue weighted by molar-refractivity contribution is 6.08. The molecular weight excluding hydrogens is 330 g/mol. The SMILES string of the molecule is C=CCN(C)Cc1ccc(C(=O)Nc2c(C(N)=O)n[nH]c2C(C)C)cc1. The van der Waals surface area contributed by atoms with E-state index in [4.69, 9.17) is 5.73 Å². The second-order valence-corrected chi connectivity index (χ2v) is 6.52. The Bertz CT molecular complexity index is 793. The van der Waals surface area contributed by atoms with Crippen molar-refractivity contribution in [1.29, 1.82) is 0 Å². The van der Waals surface area contributed by atoms with E-state index in [0.29, 0.717) is 16.9 Å². The molecule has 0 saturated heterocycles. The maximum absolute atomic E-state index is 12.6. The van der Waals surface area contributed by atoms with Gasteiger partial charge in [-0.1, -0.05) is 32.1 Å². The van der Waals surface area contributed by atoms with Crippen LogP contribution in [0.25, 0.3) is 0 Å². The topological polar surface area (TPSA) is 104 Å². The minimum Gasteiger partial charge on any atom is -0.364 e. The molecule has 4 N–H and O–H groups in total. The van der Waals surface area contributed by atoms with E-state index in [9.17, 15) is 9.59 Å². The molecule has 1 heterocycles. The lowest BCUT2D eigenvalue weighted by Crippen LogP contribution is -2.19. The van der Waals surface area contributed by atoms with Crippen LogP contribution in [0.1, 0.15) is 51.9 Å². The van der Waals surface area contributed by atoms with Crippen molar-refractivity contribution in [2.75, 3.05) is 18.9 Å². The number of amides is 2. The van der Waals surface area contributed by atoms with E-state index >= 15 is 0 Å². The Balaban J connectivity index is 2.16. The van der Waals surface area contributed by atoms with Crippen molar-refractivity contribution < 1.29 is 9.59 Å². The van der Waals surface area contributed by atoms with Gasteiger partial charge >= 0.3 is 0 Å². The molecule has 0 saturated carbocycles. The highest BCUT2D eigenvalue weighted by Crippen LogP contribution is 2.25. The number of primary amides is 1. The fraction of sp³-hybridized carbons (Fsp3) is 0.316. The van der Waals surface area contributed by atoms with Crippen molar-refractivity contribution in [1.82, 2.24) is 15.1 Å². The van der Waals surface area contributed by atoms with Crippen LogP contribution in [-0.2, 0) is 6.54 Å².